The van der Waals surface area contributed by atoms with Gasteiger partial charge in [-0.3, -0.25) is 0 Å². The number of pyridine rings is 1. The van der Waals surface area contributed by atoms with Crippen molar-refractivity contribution in [2.75, 3.05) is 16.5 Å². The van der Waals surface area contributed by atoms with Crippen LogP contribution in [0, 0.1) is 19.1 Å². The quantitative estimate of drug-likeness (QED) is 0.157. The van der Waals surface area contributed by atoms with Crippen LogP contribution in [0.15, 0.2) is 152 Å². The summed E-state index contributed by atoms with van der Waals surface area (Å²) in [7, 11) is 0. The molecule has 6 heteroatoms. The topological polar surface area (TPSA) is 33.5 Å². The number of fused-ring (bicyclic) bond motifs is 4. The Morgan fingerprint density at radius 2 is 1.37 bits per heavy atom. The molecule has 8 aromatic rings. The molecule has 1 aliphatic rings. The number of nitrogens with zero attached hydrogens (tertiary/aromatic N) is 4. The molecule has 0 saturated heterocycles. The molecule has 0 saturated carbocycles. The Balaban J connectivity index is 0.00000348. The van der Waals surface area contributed by atoms with Crippen molar-refractivity contribution < 1.29 is 25.8 Å². The molecule has 0 atom stereocenters. The molecule has 0 bridgehead atoms. The van der Waals surface area contributed by atoms with Crippen LogP contribution in [0.25, 0.3) is 38.8 Å². The van der Waals surface area contributed by atoms with Crippen molar-refractivity contribution in [3.63, 3.8) is 0 Å². The van der Waals surface area contributed by atoms with Crippen LogP contribution in [-0.4, -0.2) is 16.2 Å². The van der Waals surface area contributed by atoms with Crippen molar-refractivity contribution in [2.45, 2.75) is 6.92 Å². The Bertz CT molecular complexity index is 2460. The zero-order valence-corrected chi connectivity index (χ0v) is 28.9. The fraction of sp³-hybridized carbons (Fsp3) is 0.0465. The van der Waals surface area contributed by atoms with E-state index in [0.29, 0.717) is 18.2 Å². The van der Waals surface area contributed by atoms with Gasteiger partial charge in [0.05, 0.1) is 18.0 Å². The minimum absolute atomic E-state index is 0. The molecule has 0 radical (unpaired) electrons. The Morgan fingerprint density at radius 1 is 0.633 bits per heavy atom. The molecule has 0 amide bonds. The van der Waals surface area contributed by atoms with Crippen molar-refractivity contribution in [2.24, 2.45) is 0 Å². The molecule has 49 heavy (non-hydrogen) atoms. The fourth-order valence-electron chi connectivity index (χ4n) is 6.80. The van der Waals surface area contributed by atoms with E-state index in [1.165, 1.54) is 11.1 Å². The van der Waals surface area contributed by atoms with Gasteiger partial charge in [-0.15, -0.1) is 35.7 Å². The van der Waals surface area contributed by atoms with E-state index in [1.807, 2.05) is 30.5 Å². The average Bonchev–Trinajstić information content (AvgIpc) is 3.69. The minimum Gasteiger partial charge on any atom is -0.509 e. The molecule has 238 valence electrons. The summed E-state index contributed by atoms with van der Waals surface area (Å²) in [6, 6.07) is 57.3. The standard InChI is InChI=1S/C43H30N4O.Pt/c1-30-12-5-6-17-36(30)31-24-25-44-43(26-31)47-39-19-8-7-18-37(39)38-23-22-35(28-42(38)47)48-34-16-11-15-33(27-34)46-29-45(32-13-3-2-4-14-32)40-20-9-10-21-41(40)46;/h2-26H,29H2,1H3;/q-2;+2. The molecule has 0 aliphatic carbocycles. The van der Waals surface area contributed by atoms with Gasteiger partial charge >= 0.3 is 21.1 Å². The Labute approximate surface area is 299 Å². The van der Waals surface area contributed by atoms with Crippen molar-refractivity contribution in [3.05, 3.63) is 169 Å². The van der Waals surface area contributed by atoms with Crippen LogP contribution in [0.5, 0.6) is 11.5 Å². The average molecular weight is 814 g/mol. The molecule has 9 rings (SSSR count). The Hall–Kier alpha value is -5.64. The maximum Gasteiger partial charge on any atom is 2.00 e. The van der Waals surface area contributed by atoms with Gasteiger partial charge in [-0.1, -0.05) is 84.0 Å². The van der Waals surface area contributed by atoms with E-state index in [-0.39, 0.29) is 21.1 Å². The summed E-state index contributed by atoms with van der Waals surface area (Å²) in [5.41, 5.74) is 9.90. The smallest absolute Gasteiger partial charge is 0.509 e. The summed E-state index contributed by atoms with van der Waals surface area (Å²) in [5, 5.41) is 2.23. The minimum atomic E-state index is 0. The van der Waals surface area contributed by atoms with Crippen LogP contribution >= 0.6 is 0 Å². The van der Waals surface area contributed by atoms with E-state index >= 15 is 0 Å². The zero-order valence-electron chi connectivity index (χ0n) is 26.7. The maximum absolute atomic E-state index is 6.50. The summed E-state index contributed by atoms with van der Waals surface area (Å²) < 4.78 is 8.68. The first-order chi connectivity index (χ1) is 23.7. The zero-order chi connectivity index (χ0) is 32.0. The summed E-state index contributed by atoms with van der Waals surface area (Å²) >= 11 is 0. The Morgan fingerprint density at radius 3 is 2.22 bits per heavy atom. The molecule has 5 nitrogen and oxygen atoms in total. The van der Waals surface area contributed by atoms with E-state index in [1.54, 1.807) is 0 Å². The van der Waals surface area contributed by atoms with Crippen LogP contribution in [-0.2, 0) is 21.1 Å². The number of aryl methyl sites for hydroxylation is 1. The van der Waals surface area contributed by atoms with Gasteiger partial charge in [0, 0.05) is 28.9 Å². The van der Waals surface area contributed by atoms with Crippen molar-refractivity contribution in [3.8, 4) is 28.4 Å². The molecule has 2 aromatic heterocycles. The first-order valence-corrected chi connectivity index (χ1v) is 16.1. The van der Waals surface area contributed by atoms with Gasteiger partial charge in [0.2, 0.25) is 0 Å². The molecule has 0 unspecified atom stereocenters. The van der Waals surface area contributed by atoms with Gasteiger partial charge in [-0.25, -0.2) is 4.98 Å². The maximum atomic E-state index is 6.50. The molecule has 6 aromatic carbocycles. The number of rotatable bonds is 6. The summed E-state index contributed by atoms with van der Waals surface area (Å²) in [4.78, 5) is 9.43. The monoisotopic (exact) mass is 813 g/mol. The van der Waals surface area contributed by atoms with Gasteiger partial charge in [-0.2, -0.15) is 12.1 Å². The SMILES string of the molecule is Cc1ccccc1-c1ccnc(-n2c3[c-]c(Oc4[c-]c(N5CN(c6ccccc6)c6ccccc65)ccc4)ccc3c3ccccc32)c1.[Pt+2]. The van der Waals surface area contributed by atoms with Gasteiger partial charge in [0.1, 0.15) is 5.82 Å². The molecular weight excluding hydrogens is 784 g/mol. The normalized spacial score (nSPS) is 12.3. The molecule has 1 aliphatic heterocycles. The van der Waals surface area contributed by atoms with Gasteiger partial charge < -0.3 is 19.1 Å². The predicted octanol–water partition coefficient (Wildman–Crippen LogP) is 10.8. The van der Waals surface area contributed by atoms with Gasteiger partial charge in [0.25, 0.3) is 0 Å². The van der Waals surface area contributed by atoms with Crippen molar-refractivity contribution >= 4 is 44.6 Å². The number of hydrogen-bond acceptors (Lipinski definition) is 4. The molecular formula is C43H30N4OPt. The first kappa shape index (κ1) is 30.7. The van der Waals surface area contributed by atoms with E-state index < -0.39 is 0 Å². The molecule has 0 fully saturated rings. The van der Waals surface area contributed by atoms with E-state index in [2.05, 4.69) is 155 Å². The number of aromatic nitrogens is 2. The first-order valence-electron chi connectivity index (χ1n) is 16.1. The van der Waals surface area contributed by atoms with Crippen LogP contribution in [0.1, 0.15) is 5.56 Å². The summed E-state index contributed by atoms with van der Waals surface area (Å²) in [6.45, 7) is 2.82. The van der Waals surface area contributed by atoms with Crippen LogP contribution < -0.4 is 14.5 Å². The van der Waals surface area contributed by atoms with Crippen molar-refractivity contribution in [1.29, 1.82) is 0 Å². The number of ether oxygens (including phenoxy) is 1. The molecule has 3 heterocycles. The van der Waals surface area contributed by atoms with E-state index in [4.69, 9.17) is 9.72 Å². The van der Waals surface area contributed by atoms with Crippen LogP contribution in [0.3, 0.4) is 0 Å². The van der Waals surface area contributed by atoms with Crippen LogP contribution in [0.4, 0.5) is 22.7 Å². The Kier molecular flexibility index (Phi) is 7.99. The van der Waals surface area contributed by atoms with E-state index in [0.717, 1.165) is 55.9 Å². The second kappa shape index (κ2) is 12.8. The predicted molar refractivity (Wildman–Crippen MR) is 195 cm³/mol. The second-order valence-electron chi connectivity index (χ2n) is 12.0. The fourth-order valence-corrected chi connectivity index (χ4v) is 6.80. The number of hydrogen-bond donors (Lipinski definition) is 0. The summed E-state index contributed by atoms with van der Waals surface area (Å²) in [6.07, 6.45) is 1.88. The third-order valence-electron chi connectivity index (χ3n) is 9.07. The largest absolute Gasteiger partial charge is 2.00 e. The third kappa shape index (κ3) is 5.47. The number of para-hydroxylation sites is 4. The van der Waals surface area contributed by atoms with Gasteiger partial charge in [0.15, 0.2) is 0 Å². The second-order valence-corrected chi connectivity index (χ2v) is 12.0. The summed E-state index contributed by atoms with van der Waals surface area (Å²) in [5.74, 6) is 2.07. The third-order valence-corrected chi connectivity index (χ3v) is 9.07. The van der Waals surface area contributed by atoms with Crippen molar-refractivity contribution in [1.82, 2.24) is 9.55 Å². The number of anilines is 4. The van der Waals surface area contributed by atoms with E-state index in [9.17, 15) is 0 Å². The van der Waals surface area contributed by atoms with Crippen LogP contribution in [0.2, 0.25) is 0 Å². The number of benzene rings is 6. The molecule has 0 spiro atoms. The molecule has 0 N–H and O–H groups in total. The van der Waals surface area contributed by atoms with Gasteiger partial charge in [-0.05, 0) is 71.5 Å².